The van der Waals surface area contributed by atoms with Gasteiger partial charge in [0.2, 0.25) is 0 Å². The summed E-state index contributed by atoms with van der Waals surface area (Å²) in [5.41, 5.74) is 6.04. The third-order valence-electron chi connectivity index (χ3n) is 4.08. The topological polar surface area (TPSA) is 25.2 Å². The van der Waals surface area contributed by atoms with Crippen molar-refractivity contribution >= 4 is 16.7 Å². The first-order valence-electron chi connectivity index (χ1n) is 7.49. The van der Waals surface area contributed by atoms with Crippen molar-refractivity contribution in [2.45, 2.75) is 33.7 Å². The summed E-state index contributed by atoms with van der Waals surface area (Å²) in [6.45, 7) is 7.21. The average Bonchev–Trinajstić information content (AvgIpc) is 2.86. The fourth-order valence-corrected chi connectivity index (χ4v) is 2.67. The molecule has 1 N–H and O–H groups in total. The number of para-hydroxylation sites is 1. The lowest BCUT2D eigenvalue weighted by Gasteiger charge is -2.09. The molecule has 0 amide bonds. The van der Waals surface area contributed by atoms with E-state index >= 15 is 0 Å². The number of hydrogen-bond donors (Lipinski definition) is 1. The lowest BCUT2D eigenvalue weighted by atomic mass is 10.1. The maximum absolute atomic E-state index is 5.94. The first-order chi connectivity index (χ1) is 10.2. The summed E-state index contributed by atoms with van der Waals surface area (Å²) >= 11 is 0. The number of aryl methyl sites for hydroxylation is 3. The standard InChI is InChI=1S/C19H21NO/c1-4-18-17(16-7-5-6-8-19(16)21-18)12-20-15-10-9-13(2)14(3)11-15/h5-11,20H,4,12H2,1-3H3. The van der Waals surface area contributed by atoms with Gasteiger partial charge in [-0.2, -0.15) is 0 Å². The zero-order valence-electron chi connectivity index (χ0n) is 12.9. The van der Waals surface area contributed by atoms with Crippen LogP contribution in [0.3, 0.4) is 0 Å². The van der Waals surface area contributed by atoms with Crippen molar-refractivity contribution in [3.63, 3.8) is 0 Å². The lowest BCUT2D eigenvalue weighted by Crippen LogP contribution is -2.01. The highest BCUT2D eigenvalue weighted by Gasteiger charge is 2.12. The molecular weight excluding hydrogens is 258 g/mol. The fourth-order valence-electron chi connectivity index (χ4n) is 2.67. The minimum atomic E-state index is 0.794. The molecule has 0 saturated carbocycles. The minimum Gasteiger partial charge on any atom is -0.461 e. The summed E-state index contributed by atoms with van der Waals surface area (Å²) < 4.78 is 5.94. The van der Waals surface area contributed by atoms with Gasteiger partial charge in [-0.3, -0.25) is 0 Å². The number of anilines is 1. The Bertz CT molecular complexity index is 770. The van der Waals surface area contributed by atoms with Gasteiger partial charge in [0.25, 0.3) is 0 Å². The van der Waals surface area contributed by atoms with E-state index in [1.54, 1.807) is 0 Å². The van der Waals surface area contributed by atoms with E-state index < -0.39 is 0 Å². The molecule has 0 unspecified atom stereocenters. The highest BCUT2D eigenvalue weighted by atomic mass is 16.3. The molecule has 3 rings (SSSR count). The van der Waals surface area contributed by atoms with Crippen molar-refractivity contribution < 1.29 is 4.42 Å². The quantitative estimate of drug-likeness (QED) is 0.708. The molecule has 0 aliphatic heterocycles. The highest BCUT2D eigenvalue weighted by molar-refractivity contribution is 5.82. The SMILES string of the molecule is CCc1oc2ccccc2c1CNc1ccc(C)c(C)c1. The Hall–Kier alpha value is -2.22. The normalized spacial score (nSPS) is 11.0. The number of hydrogen-bond acceptors (Lipinski definition) is 2. The summed E-state index contributed by atoms with van der Waals surface area (Å²) in [5.74, 6) is 1.08. The molecule has 2 aromatic carbocycles. The molecule has 1 aromatic heterocycles. The minimum absolute atomic E-state index is 0.794. The molecule has 0 aliphatic rings. The molecule has 0 saturated heterocycles. The van der Waals surface area contributed by atoms with Gasteiger partial charge in [0.15, 0.2) is 0 Å². The maximum atomic E-state index is 5.94. The molecule has 1 heterocycles. The molecule has 0 bridgehead atoms. The third-order valence-corrected chi connectivity index (χ3v) is 4.08. The van der Waals surface area contributed by atoms with Gasteiger partial charge in [0.1, 0.15) is 11.3 Å². The molecule has 0 aliphatic carbocycles. The van der Waals surface area contributed by atoms with E-state index in [1.165, 1.54) is 22.1 Å². The number of benzene rings is 2. The second kappa shape index (κ2) is 5.65. The predicted octanol–water partition coefficient (Wildman–Crippen LogP) is 5.22. The predicted molar refractivity (Wildman–Crippen MR) is 88.8 cm³/mol. The number of nitrogens with one attached hydrogen (secondary N) is 1. The van der Waals surface area contributed by atoms with Gasteiger partial charge >= 0.3 is 0 Å². The average molecular weight is 279 g/mol. The van der Waals surface area contributed by atoms with Gasteiger partial charge in [0, 0.05) is 29.6 Å². The Morgan fingerprint density at radius 2 is 1.81 bits per heavy atom. The highest BCUT2D eigenvalue weighted by Crippen LogP contribution is 2.27. The first-order valence-corrected chi connectivity index (χ1v) is 7.49. The fraction of sp³-hybridized carbons (Fsp3) is 0.263. The molecule has 0 atom stereocenters. The summed E-state index contributed by atoms with van der Waals surface area (Å²) in [6.07, 6.45) is 0.915. The van der Waals surface area contributed by atoms with E-state index in [2.05, 4.69) is 56.4 Å². The largest absolute Gasteiger partial charge is 0.461 e. The Labute approximate surface area is 125 Å². The second-order valence-corrected chi connectivity index (χ2v) is 5.51. The van der Waals surface area contributed by atoms with E-state index in [0.717, 1.165) is 30.0 Å². The Balaban J connectivity index is 1.89. The van der Waals surface area contributed by atoms with Crippen LogP contribution < -0.4 is 5.32 Å². The van der Waals surface area contributed by atoms with Crippen molar-refractivity contribution in [3.05, 3.63) is 64.9 Å². The van der Waals surface area contributed by atoms with E-state index in [-0.39, 0.29) is 0 Å². The van der Waals surface area contributed by atoms with Gasteiger partial charge in [0.05, 0.1) is 0 Å². The first kappa shape index (κ1) is 13.7. The summed E-state index contributed by atoms with van der Waals surface area (Å²) in [6, 6.07) is 14.7. The zero-order chi connectivity index (χ0) is 14.8. The van der Waals surface area contributed by atoms with Gasteiger partial charge in [-0.15, -0.1) is 0 Å². The number of furan rings is 1. The molecule has 0 fully saturated rings. The van der Waals surface area contributed by atoms with E-state index in [1.807, 2.05) is 12.1 Å². The van der Waals surface area contributed by atoms with Crippen LogP contribution in [0.2, 0.25) is 0 Å². The van der Waals surface area contributed by atoms with E-state index in [4.69, 9.17) is 4.42 Å². The molecule has 21 heavy (non-hydrogen) atoms. The molecule has 0 radical (unpaired) electrons. The van der Waals surface area contributed by atoms with E-state index in [9.17, 15) is 0 Å². The van der Waals surface area contributed by atoms with E-state index in [0.29, 0.717) is 0 Å². The Morgan fingerprint density at radius 1 is 1.00 bits per heavy atom. The Morgan fingerprint density at radius 3 is 2.57 bits per heavy atom. The zero-order valence-corrected chi connectivity index (χ0v) is 12.9. The molecular formula is C19H21NO. The summed E-state index contributed by atoms with van der Waals surface area (Å²) in [5, 5.41) is 4.74. The van der Waals surface area contributed by atoms with Crippen LogP contribution in [0.1, 0.15) is 29.4 Å². The number of rotatable bonds is 4. The van der Waals surface area contributed by atoms with Crippen LogP contribution in [0.4, 0.5) is 5.69 Å². The number of fused-ring (bicyclic) bond motifs is 1. The smallest absolute Gasteiger partial charge is 0.134 e. The van der Waals surface area contributed by atoms with Gasteiger partial charge < -0.3 is 9.73 Å². The molecule has 2 heteroatoms. The molecule has 108 valence electrons. The summed E-state index contributed by atoms with van der Waals surface area (Å²) in [7, 11) is 0. The lowest BCUT2D eigenvalue weighted by molar-refractivity contribution is 0.551. The van der Waals surface area contributed by atoms with Gasteiger partial charge in [-0.05, 0) is 43.2 Å². The van der Waals surface area contributed by atoms with Crippen molar-refractivity contribution in [2.24, 2.45) is 0 Å². The van der Waals surface area contributed by atoms with Crippen LogP contribution >= 0.6 is 0 Å². The van der Waals surface area contributed by atoms with Crippen LogP contribution in [0, 0.1) is 13.8 Å². The summed E-state index contributed by atoms with van der Waals surface area (Å²) in [4.78, 5) is 0. The van der Waals surface area contributed by atoms with Crippen LogP contribution in [0.15, 0.2) is 46.9 Å². The third kappa shape index (κ3) is 2.66. The molecule has 0 spiro atoms. The van der Waals surface area contributed by atoms with Crippen molar-refractivity contribution in [1.29, 1.82) is 0 Å². The van der Waals surface area contributed by atoms with Crippen molar-refractivity contribution in [2.75, 3.05) is 5.32 Å². The van der Waals surface area contributed by atoms with Crippen LogP contribution in [0.25, 0.3) is 11.0 Å². The van der Waals surface area contributed by atoms with Crippen molar-refractivity contribution in [3.8, 4) is 0 Å². The van der Waals surface area contributed by atoms with Crippen LogP contribution in [0.5, 0.6) is 0 Å². The second-order valence-electron chi connectivity index (χ2n) is 5.51. The monoisotopic (exact) mass is 279 g/mol. The van der Waals surface area contributed by atoms with Gasteiger partial charge in [-0.25, -0.2) is 0 Å². The van der Waals surface area contributed by atoms with Crippen molar-refractivity contribution in [1.82, 2.24) is 0 Å². The molecule has 2 nitrogen and oxygen atoms in total. The maximum Gasteiger partial charge on any atom is 0.134 e. The Kier molecular flexibility index (Phi) is 3.70. The van der Waals surface area contributed by atoms with Gasteiger partial charge in [-0.1, -0.05) is 31.2 Å². The van der Waals surface area contributed by atoms with Crippen LogP contribution in [-0.4, -0.2) is 0 Å². The molecule has 3 aromatic rings. The van der Waals surface area contributed by atoms with Crippen LogP contribution in [-0.2, 0) is 13.0 Å².